The molecule has 236 valence electrons. The third-order valence-corrected chi connectivity index (χ3v) is 13.1. The highest BCUT2D eigenvalue weighted by molar-refractivity contribution is 6.31. The molecular weight excluding hydrogens is 545 g/mol. The van der Waals surface area contributed by atoms with Crippen LogP contribution in [0.5, 0.6) is 0 Å². The number of hydrogen-bond acceptors (Lipinski definition) is 0. The third-order valence-electron chi connectivity index (χ3n) is 13.1. The molecule has 0 aliphatic heterocycles. The second-order valence-corrected chi connectivity index (χ2v) is 16.7. The van der Waals surface area contributed by atoms with Gasteiger partial charge in [0, 0.05) is 9.52 Å². The van der Waals surface area contributed by atoms with Crippen molar-refractivity contribution in [2.75, 3.05) is 0 Å². The Morgan fingerprint density at radius 1 is 0.568 bits per heavy atom. The van der Waals surface area contributed by atoms with Gasteiger partial charge in [0.15, 0.2) is 0 Å². The van der Waals surface area contributed by atoms with Crippen LogP contribution >= 0.6 is 0 Å². The van der Waals surface area contributed by atoms with Gasteiger partial charge >= 0.3 is 0 Å². The van der Waals surface area contributed by atoms with Gasteiger partial charge in [-0.05, 0) is 133 Å². The van der Waals surface area contributed by atoms with E-state index in [-0.39, 0.29) is 0 Å². The summed E-state index contributed by atoms with van der Waals surface area (Å²) in [4.78, 5) is 0. The lowest BCUT2D eigenvalue weighted by Crippen LogP contribution is -2.05. The molecule has 13 aliphatic carbocycles. The Labute approximate surface area is 273 Å². The topological polar surface area (TPSA) is 0 Å². The highest BCUT2D eigenvalue weighted by atomic mass is 28.2. The third kappa shape index (κ3) is 5.72. The van der Waals surface area contributed by atoms with Crippen molar-refractivity contribution < 1.29 is 0 Å². The van der Waals surface area contributed by atoms with Gasteiger partial charge in [0.25, 0.3) is 0 Å². The fourth-order valence-electron chi connectivity index (χ4n) is 11.9. The number of rotatable bonds is 8. The molecule has 0 saturated heterocycles. The van der Waals surface area contributed by atoms with Crippen LogP contribution in [0, 0.1) is 107 Å². The van der Waals surface area contributed by atoms with Crippen LogP contribution in [0.4, 0.5) is 0 Å². The predicted molar refractivity (Wildman–Crippen MR) is 194 cm³/mol. The molecule has 0 spiro atoms. The fourth-order valence-corrected chi connectivity index (χ4v) is 11.9. The van der Waals surface area contributed by atoms with Gasteiger partial charge in [0.1, 0.15) is 0 Å². The molecule has 0 amide bonds. The van der Waals surface area contributed by atoms with Crippen LogP contribution in [0.2, 0.25) is 13.1 Å². The van der Waals surface area contributed by atoms with Crippen molar-refractivity contribution in [2.24, 2.45) is 94.7 Å². The predicted octanol–water partition coefficient (Wildman–Crippen LogP) is 10.1. The van der Waals surface area contributed by atoms with Crippen molar-refractivity contribution in [1.82, 2.24) is 0 Å². The molecule has 13 rings (SSSR count). The van der Waals surface area contributed by atoms with Gasteiger partial charge in [-0.25, -0.2) is 0 Å². The Morgan fingerprint density at radius 3 is 1.09 bits per heavy atom. The van der Waals surface area contributed by atoms with Crippen LogP contribution in [0.3, 0.4) is 0 Å². The lowest BCUT2D eigenvalue weighted by atomic mass is 9.91. The van der Waals surface area contributed by atoms with Crippen molar-refractivity contribution in [3.05, 3.63) is 85.1 Å². The highest BCUT2D eigenvalue weighted by Crippen LogP contribution is 2.95. The molecule has 0 heterocycles. The largest absolute Gasteiger partial charge is 0.120 e. The molecule has 10 fully saturated rings. The molecule has 10 saturated carbocycles. The Balaban J connectivity index is 0.000000113. The van der Waals surface area contributed by atoms with Crippen molar-refractivity contribution in [3.8, 4) is 12.3 Å². The maximum absolute atomic E-state index is 4.60. The molecule has 13 aliphatic rings. The average Bonchev–Trinajstić information content (AvgIpc) is 3.63. The van der Waals surface area contributed by atoms with E-state index in [1.807, 2.05) is 38.2 Å². The molecule has 0 aromatic carbocycles. The van der Waals surface area contributed by atoms with Crippen LogP contribution in [-0.4, -0.2) is 9.52 Å². The summed E-state index contributed by atoms with van der Waals surface area (Å²) < 4.78 is 0. The van der Waals surface area contributed by atoms with Gasteiger partial charge in [-0.15, -0.1) is 12.3 Å². The second-order valence-electron chi connectivity index (χ2n) is 15.3. The Hall–Kier alpha value is -2.04. The summed E-state index contributed by atoms with van der Waals surface area (Å²) in [6.45, 7) is 13.9. The Kier molecular flexibility index (Phi) is 9.98. The zero-order valence-corrected chi connectivity index (χ0v) is 29.8. The summed E-state index contributed by atoms with van der Waals surface area (Å²) in [6.07, 6.45) is 39.2. The summed E-state index contributed by atoms with van der Waals surface area (Å²) >= 11 is 0. The summed E-state index contributed by atoms with van der Waals surface area (Å²) in [5.41, 5.74) is 1.09. The van der Waals surface area contributed by atoms with Crippen molar-refractivity contribution >= 4 is 9.52 Å². The van der Waals surface area contributed by atoms with E-state index in [4.69, 9.17) is 0 Å². The minimum atomic E-state index is 0.417. The number of hydrogen-bond donors (Lipinski definition) is 0. The molecule has 0 aromatic heterocycles. The van der Waals surface area contributed by atoms with E-state index in [1.54, 1.807) is 26.2 Å². The maximum Gasteiger partial charge on any atom is 0.0135 e. The Bertz CT molecular complexity index is 1050. The number of allylic oxidation sites excluding steroid dienone is 13. The van der Waals surface area contributed by atoms with Crippen molar-refractivity contribution in [3.63, 3.8) is 0 Å². The smallest absolute Gasteiger partial charge is 0.0135 e. The van der Waals surface area contributed by atoms with Gasteiger partial charge in [-0.2, -0.15) is 0 Å². The normalized spacial score (nSPS) is 44.4. The van der Waals surface area contributed by atoms with Gasteiger partial charge in [0.2, 0.25) is 0 Å². The van der Waals surface area contributed by atoms with E-state index in [0.29, 0.717) is 9.52 Å². The first kappa shape index (κ1) is 31.9. The number of terminal acetylenes is 1. The van der Waals surface area contributed by atoms with Crippen LogP contribution < -0.4 is 0 Å². The van der Waals surface area contributed by atoms with E-state index < -0.39 is 0 Å². The zero-order valence-electron chi connectivity index (χ0n) is 28.4. The van der Waals surface area contributed by atoms with Crippen LogP contribution in [-0.2, 0) is 0 Å². The molecule has 44 heavy (non-hydrogen) atoms. The lowest BCUT2D eigenvalue weighted by molar-refractivity contribution is 0.355. The van der Waals surface area contributed by atoms with Gasteiger partial charge < -0.3 is 0 Å². The molecule has 0 radical (unpaired) electrons. The first-order valence-corrected chi connectivity index (χ1v) is 21.6. The van der Waals surface area contributed by atoms with Crippen LogP contribution in [0.15, 0.2) is 85.1 Å². The first-order chi connectivity index (χ1) is 21.7. The molecule has 0 unspecified atom stereocenters. The maximum atomic E-state index is 4.60. The summed E-state index contributed by atoms with van der Waals surface area (Å²) in [5.74, 6) is 21.9. The molecule has 0 atom stereocenters. The summed E-state index contributed by atoms with van der Waals surface area (Å²) in [7, 11) is 0.417. The zero-order chi connectivity index (χ0) is 31.0. The van der Waals surface area contributed by atoms with E-state index in [1.165, 1.54) is 102 Å². The molecule has 1 heteroatoms. The monoisotopic (exact) mass is 604 g/mol. The molecule has 0 aromatic rings. The molecule has 0 N–H and O–H groups in total. The van der Waals surface area contributed by atoms with Crippen LogP contribution in [0.25, 0.3) is 0 Å². The van der Waals surface area contributed by atoms with Gasteiger partial charge in [-0.1, -0.05) is 119 Å². The minimum Gasteiger partial charge on any atom is -0.120 e. The van der Waals surface area contributed by atoms with E-state index in [2.05, 4.69) is 80.6 Å². The van der Waals surface area contributed by atoms with Crippen LogP contribution in [0.1, 0.15) is 59.3 Å². The van der Waals surface area contributed by atoms with E-state index >= 15 is 0 Å². The molecular formula is C43H60Si. The van der Waals surface area contributed by atoms with E-state index in [9.17, 15) is 0 Å². The highest BCUT2D eigenvalue weighted by Gasteiger charge is 2.92. The summed E-state index contributed by atoms with van der Waals surface area (Å²) in [6, 6.07) is 0. The SMILES string of the molecule is C#CC.C(CC1C2C3C2C2C1C32)CC1C2C3C2C2C1C32.C1=CC(CCCC2C=CC=C2)C=C1.C=C1C=CC=C1.CC.C[SiH2]C. The fraction of sp³-hybridized carbons (Fsp3) is 0.628. The average molecular weight is 605 g/mol. The lowest BCUT2D eigenvalue weighted by Gasteiger charge is -2.14. The van der Waals surface area contributed by atoms with Crippen molar-refractivity contribution in [1.29, 1.82) is 0 Å². The standard InChI is InChI=1S/C17H20.C13H16.C6H6.C3H4.C2H8Si.C2H6/c1(2-4-6-10-11(6)13-7(4)12(10)13)3-5-8-14-15(8)17-9(5)16(14)17;1-2-7-12(6-1)10-5-11-13-8-3-4-9-13;1-6-4-2-3-5-6;2*1-3-2;1-2/h4-17H,1-3H2;1-4,6-9,12-13H,5,10-11H2;2-5H,1H2;1H,2H3;3H2,1-2H3;1-2H3. The summed E-state index contributed by atoms with van der Waals surface area (Å²) in [5, 5.41) is 0. The van der Waals surface area contributed by atoms with Gasteiger partial charge in [0.05, 0.1) is 0 Å². The molecule has 0 nitrogen and oxygen atoms in total. The molecule has 4 bridgehead atoms. The van der Waals surface area contributed by atoms with Gasteiger partial charge in [-0.3, -0.25) is 0 Å². The van der Waals surface area contributed by atoms with Crippen molar-refractivity contribution in [2.45, 2.75) is 72.4 Å². The minimum absolute atomic E-state index is 0.417. The Morgan fingerprint density at radius 2 is 0.841 bits per heavy atom. The second kappa shape index (κ2) is 13.8. The first-order valence-electron chi connectivity index (χ1n) is 18.8. The van der Waals surface area contributed by atoms with E-state index in [0.717, 1.165) is 17.4 Å². The quantitative estimate of drug-likeness (QED) is 0.191.